The third-order valence-corrected chi connectivity index (χ3v) is 2.53. The Labute approximate surface area is 104 Å². The molecule has 1 rings (SSSR count). The van der Waals surface area contributed by atoms with Gasteiger partial charge in [0.25, 0.3) is 0 Å². The van der Waals surface area contributed by atoms with Crippen LogP contribution >= 0.6 is 0 Å². The quantitative estimate of drug-likeness (QED) is 0.247. The summed E-state index contributed by atoms with van der Waals surface area (Å²) in [6.07, 6.45) is 1.01. The van der Waals surface area contributed by atoms with E-state index in [0.29, 0.717) is 0 Å². The number of methoxy groups -OCH3 is 1. The fourth-order valence-electron chi connectivity index (χ4n) is 1.74. The largest absolute Gasteiger partial charge is 0.467 e. The number of likely N-dealkylation sites (tertiary alicyclic amines) is 1. The third-order valence-electron chi connectivity index (χ3n) is 2.53. The molecule has 18 heavy (non-hydrogen) atoms. The predicted octanol–water partition coefficient (Wildman–Crippen LogP) is 1.24. The first kappa shape index (κ1) is 13.9. The van der Waals surface area contributed by atoms with Crippen molar-refractivity contribution in [3.8, 4) is 0 Å². The van der Waals surface area contributed by atoms with Crippen LogP contribution in [0.1, 0.15) is 6.42 Å². The van der Waals surface area contributed by atoms with Gasteiger partial charge in [0.15, 0.2) is 0 Å². The Kier molecular flexibility index (Phi) is 5.01. The van der Waals surface area contributed by atoms with Gasteiger partial charge >= 0.3 is 12.1 Å². The number of hydrogen-bond donors (Lipinski definition) is 0. The number of nitrogens with zero attached hydrogens (tertiary/aromatic N) is 4. The van der Waals surface area contributed by atoms with Crippen LogP contribution in [-0.2, 0) is 14.3 Å². The number of azide groups is 1. The second-order valence-corrected chi connectivity index (χ2v) is 3.65. The van der Waals surface area contributed by atoms with E-state index in [4.69, 9.17) is 10.3 Å². The van der Waals surface area contributed by atoms with Crippen LogP contribution in [0.15, 0.2) is 17.8 Å². The van der Waals surface area contributed by atoms with Gasteiger partial charge in [-0.3, -0.25) is 4.90 Å². The highest BCUT2D eigenvalue weighted by molar-refractivity contribution is 5.82. The number of rotatable bonds is 4. The van der Waals surface area contributed by atoms with Gasteiger partial charge in [-0.25, -0.2) is 9.59 Å². The minimum atomic E-state index is -0.775. The summed E-state index contributed by atoms with van der Waals surface area (Å²) in [5.41, 5.74) is 8.37. The van der Waals surface area contributed by atoms with Gasteiger partial charge in [0.1, 0.15) is 12.6 Å². The molecule has 1 fully saturated rings. The van der Waals surface area contributed by atoms with E-state index in [0.717, 1.165) is 0 Å². The second kappa shape index (κ2) is 6.51. The zero-order chi connectivity index (χ0) is 13.5. The molecule has 1 saturated heterocycles. The molecule has 2 unspecified atom stereocenters. The summed E-state index contributed by atoms with van der Waals surface area (Å²) in [6.45, 7) is 3.61. The first-order chi connectivity index (χ1) is 8.63. The lowest BCUT2D eigenvalue weighted by molar-refractivity contribution is -0.145. The van der Waals surface area contributed by atoms with Crippen molar-refractivity contribution in [1.82, 2.24) is 4.90 Å². The Morgan fingerprint density at radius 2 is 2.39 bits per heavy atom. The molecule has 1 amide bonds. The van der Waals surface area contributed by atoms with E-state index in [-0.39, 0.29) is 19.6 Å². The van der Waals surface area contributed by atoms with Crippen LogP contribution in [0.3, 0.4) is 0 Å². The molecule has 0 aromatic carbocycles. The Morgan fingerprint density at radius 1 is 1.67 bits per heavy atom. The average Bonchev–Trinajstić information content (AvgIpc) is 2.79. The molecule has 1 aliphatic rings. The van der Waals surface area contributed by atoms with Gasteiger partial charge < -0.3 is 9.47 Å². The van der Waals surface area contributed by atoms with Crippen molar-refractivity contribution < 1.29 is 19.1 Å². The van der Waals surface area contributed by atoms with Crippen LogP contribution in [0.5, 0.6) is 0 Å². The van der Waals surface area contributed by atoms with Crippen molar-refractivity contribution in [1.29, 1.82) is 0 Å². The second-order valence-electron chi connectivity index (χ2n) is 3.65. The van der Waals surface area contributed by atoms with Gasteiger partial charge in [-0.2, -0.15) is 0 Å². The van der Waals surface area contributed by atoms with Gasteiger partial charge in [0.2, 0.25) is 0 Å². The number of hydrogen-bond acceptors (Lipinski definition) is 5. The molecular formula is C10H14N4O4. The van der Waals surface area contributed by atoms with E-state index in [1.165, 1.54) is 18.1 Å². The normalized spacial score (nSPS) is 21.9. The van der Waals surface area contributed by atoms with Crippen LogP contribution in [0.25, 0.3) is 10.4 Å². The average molecular weight is 254 g/mol. The molecule has 0 aliphatic carbocycles. The Hall–Kier alpha value is -2.21. The maximum atomic E-state index is 11.7. The van der Waals surface area contributed by atoms with Crippen LogP contribution < -0.4 is 0 Å². The van der Waals surface area contributed by atoms with Crippen LogP contribution in [-0.4, -0.2) is 49.3 Å². The smallest absolute Gasteiger partial charge is 0.410 e. The lowest BCUT2D eigenvalue weighted by Crippen LogP contribution is -2.41. The minimum absolute atomic E-state index is 0.0510. The van der Waals surface area contributed by atoms with Gasteiger partial charge in [-0.05, 0) is 12.0 Å². The van der Waals surface area contributed by atoms with Crippen LogP contribution in [0.4, 0.5) is 4.79 Å². The van der Waals surface area contributed by atoms with E-state index in [2.05, 4.69) is 21.3 Å². The van der Waals surface area contributed by atoms with Gasteiger partial charge in [0.05, 0.1) is 13.2 Å². The van der Waals surface area contributed by atoms with E-state index >= 15 is 0 Å². The molecule has 0 spiro atoms. The first-order valence-electron chi connectivity index (χ1n) is 5.30. The number of esters is 1. The summed E-state index contributed by atoms with van der Waals surface area (Å²) in [4.78, 5) is 27.1. The molecule has 0 aromatic heterocycles. The number of carbonyl (C=O) groups excluding carboxylic acids is 2. The zero-order valence-electron chi connectivity index (χ0n) is 9.98. The molecule has 98 valence electrons. The van der Waals surface area contributed by atoms with Gasteiger partial charge in [-0.1, -0.05) is 17.8 Å². The topological polar surface area (TPSA) is 105 Å². The highest BCUT2D eigenvalue weighted by atomic mass is 16.6. The van der Waals surface area contributed by atoms with E-state index in [1.54, 1.807) is 0 Å². The Bertz CT molecular complexity index is 391. The number of amides is 1. The summed E-state index contributed by atoms with van der Waals surface area (Å²) in [7, 11) is 1.23. The predicted molar refractivity (Wildman–Crippen MR) is 61.6 cm³/mol. The van der Waals surface area contributed by atoms with Crippen LogP contribution in [0, 0.1) is 0 Å². The summed E-state index contributed by atoms with van der Waals surface area (Å²) in [5, 5.41) is 3.51. The van der Waals surface area contributed by atoms with Gasteiger partial charge in [0, 0.05) is 11.5 Å². The van der Waals surface area contributed by atoms with Crippen molar-refractivity contribution in [3.63, 3.8) is 0 Å². The maximum absolute atomic E-state index is 11.7. The Balaban J connectivity index is 2.77. The summed E-state index contributed by atoms with van der Waals surface area (Å²) < 4.78 is 9.46. The van der Waals surface area contributed by atoms with E-state index in [1.807, 2.05) is 0 Å². The molecule has 8 heteroatoms. The van der Waals surface area contributed by atoms with Crippen molar-refractivity contribution in [2.75, 3.05) is 20.3 Å². The zero-order valence-corrected chi connectivity index (χ0v) is 9.98. The SMILES string of the molecule is C=CCOC(=O)N1CC(N=[N+]=[N-])CC1C(=O)OC. The highest BCUT2D eigenvalue weighted by Gasteiger charge is 2.40. The van der Waals surface area contributed by atoms with Crippen LogP contribution in [0.2, 0.25) is 0 Å². The molecule has 0 aromatic rings. The standard InChI is InChI=1S/C10H14N4O4/c1-3-4-18-10(16)14-6-7(12-13-11)5-8(14)9(15)17-2/h3,7-8H,1,4-6H2,2H3. The van der Waals surface area contributed by atoms with E-state index < -0.39 is 24.1 Å². The van der Waals surface area contributed by atoms with E-state index in [9.17, 15) is 9.59 Å². The van der Waals surface area contributed by atoms with Crippen molar-refractivity contribution in [2.45, 2.75) is 18.5 Å². The first-order valence-corrected chi connectivity index (χ1v) is 5.30. The molecule has 8 nitrogen and oxygen atoms in total. The van der Waals surface area contributed by atoms with Crippen molar-refractivity contribution in [2.24, 2.45) is 5.11 Å². The summed E-state index contributed by atoms with van der Waals surface area (Å²) in [6, 6.07) is -1.22. The summed E-state index contributed by atoms with van der Waals surface area (Å²) >= 11 is 0. The highest BCUT2D eigenvalue weighted by Crippen LogP contribution is 2.22. The van der Waals surface area contributed by atoms with Crippen molar-refractivity contribution >= 4 is 12.1 Å². The Morgan fingerprint density at radius 3 is 2.94 bits per heavy atom. The van der Waals surface area contributed by atoms with Crippen molar-refractivity contribution in [3.05, 3.63) is 23.1 Å². The lowest BCUT2D eigenvalue weighted by Gasteiger charge is -2.21. The molecule has 0 bridgehead atoms. The summed E-state index contributed by atoms with van der Waals surface area (Å²) in [5.74, 6) is -0.554. The third kappa shape index (κ3) is 3.14. The molecule has 1 aliphatic heterocycles. The monoisotopic (exact) mass is 254 g/mol. The molecule has 1 heterocycles. The molecule has 0 saturated carbocycles. The fourth-order valence-corrected chi connectivity index (χ4v) is 1.74. The maximum Gasteiger partial charge on any atom is 0.410 e. The van der Waals surface area contributed by atoms with Gasteiger partial charge in [-0.15, -0.1) is 0 Å². The molecular weight excluding hydrogens is 240 g/mol. The lowest BCUT2D eigenvalue weighted by atomic mass is 10.2. The number of carbonyl (C=O) groups is 2. The fraction of sp³-hybridized carbons (Fsp3) is 0.600. The number of ether oxygens (including phenoxy) is 2. The molecule has 0 N–H and O–H groups in total. The minimum Gasteiger partial charge on any atom is -0.467 e. The molecule has 0 radical (unpaired) electrons. The molecule has 2 atom stereocenters.